The number of carbonyl (C=O) groups is 1. The largest absolute Gasteiger partial charge is 0.504 e. The van der Waals surface area contributed by atoms with Gasteiger partial charge in [0.05, 0.1) is 6.26 Å². The van der Waals surface area contributed by atoms with Crippen LogP contribution in [0.15, 0.2) is 29.0 Å². The van der Waals surface area contributed by atoms with E-state index >= 15 is 0 Å². The smallest absolute Gasteiger partial charge is 0.357 e. The molecule has 0 aliphatic carbocycles. The number of carboxylic acids is 1. The van der Waals surface area contributed by atoms with Gasteiger partial charge in [-0.05, 0) is 12.1 Å². The van der Waals surface area contributed by atoms with Crippen LogP contribution in [-0.4, -0.2) is 31.4 Å². The van der Waals surface area contributed by atoms with Crippen LogP contribution in [-0.2, 0) is 0 Å². The number of aromatic carboxylic acids is 1. The second kappa shape index (κ2) is 3.59. The number of pyridine rings is 1. The number of carboxylic acid groups (broad SMARTS) is 1. The number of nitrogens with one attached hydrogen (secondary N) is 1. The third kappa shape index (κ3) is 1.41. The maximum Gasteiger partial charge on any atom is 0.357 e. The van der Waals surface area contributed by atoms with E-state index in [0.717, 1.165) is 5.39 Å². The Morgan fingerprint density at radius 1 is 1.44 bits per heavy atom. The quantitative estimate of drug-likeness (QED) is 0.632. The van der Waals surface area contributed by atoms with Gasteiger partial charge in [-0.25, -0.2) is 9.78 Å². The monoisotopic (exact) mass is 245 g/mol. The molecular weight excluding hydrogens is 238 g/mol. The van der Waals surface area contributed by atoms with Gasteiger partial charge in [0.2, 0.25) is 5.71 Å². The highest BCUT2D eigenvalue weighted by Gasteiger charge is 2.19. The summed E-state index contributed by atoms with van der Waals surface area (Å²) >= 11 is 0. The van der Waals surface area contributed by atoms with Crippen molar-refractivity contribution in [3.8, 4) is 17.0 Å². The van der Waals surface area contributed by atoms with Gasteiger partial charge < -0.3 is 14.6 Å². The first-order valence-electron chi connectivity index (χ1n) is 5.01. The molecule has 0 saturated heterocycles. The molecule has 90 valence electrons. The highest BCUT2D eigenvalue weighted by Crippen LogP contribution is 2.30. The van der Waals surface area contributed by atoms with E-state index in [1.807, 2.05) is 0 Å². The number of furan rings is 1. The Labute approximate surface area is 99.7 Å². The summed E-state index contributed by atoms with van der Waals surface area (Å²) in [4.78, 5) is 14.8. The van der Waals surface area contributed by atoms with Crippen LogP contribution < -0.4 is 0 Å². The summed E-state index contributed by atoms with van der Waals surface area (Å²) in [5.41, 5.74) is 0.762. The molecule has 18 heavy (non-hydrogen) atoms. The Hall–Kier alpha value is -2.83. The van der Waals surface area contributed by atoms with Crippen molar-refractivity contribution >= 4 is 17.1 Å². The molecule has 3 aromatic rings. The standard InChI is InChI=1S/C11H7N3O4/c15-9-7(13-14-8(9)11(16)17)6-3-5-1-2-18-10(5)12-4-6/h1-4,15H,(H,13,14)(H,16,17). The molecule has 0 atom stereocenters. The number of rotatable bonds is 2. The van der Waals surface area contributed by atoms with E-state index in [1.165, 1.54) is 12.5 Å². The number of aromatic nitrogens is 3. The van der Waals surface area contributed by atoms with Crippen molar-refractivity contribution in [2.24, 2.45) is 0 Å². The summed E-state index contributed by atoms with van der Waals surface area (Å²) in [7, 11) is 0. The summed E-state index contributed by atoms with van der Waals surface area (Å²) in [5.74, 6) is -1.68. The van der Waals surface area contributed by atoms with Gasteiger partial charge in [0.25, 0.3) is 0 Å². The lowest BCUT2D eigenvalue weighted by molar-refractivity contribution is 0.0687. The molecule has 0 amide bonds. The van der Waals surface area contributed by atoms with Crippen LogP contribution in [0.25, 0.3) is 22.4 Å². The van der Waals surface area contributed by atoms with Gasteiger partial charge in [0.15, 0.2) is 11.4 Å². The molecule has 3 heterocycles. The maximum atomic E-state index is 10.8. The predicted molar refractivity (Wildman–Crippen MR) is 60.2 cm³/mol. The molecule has 7 nitrogen and oxygen atoms in total. The first-order valence-corrected chi connectivity index (χ1v) is 5.01. The number of nitrogens with zero attached hydrogens (tertiary/aromatic N) is 2. The highest BCUT2D eigenvalue weighted by molar-refractivity contribution is 5.92. The zero-order chi connectivity index (χ0) is 12.7. The molecule has 0 aliphatic heterocycles. The molecule has 0 saturated carbocycles. The number of fused-ring (bicyclic) bond motifs is 1. The van der Waals surface area contributed by atoms with E-state index < -0.39 is 11.7 Å². The molecule has 0 aromatic carbocycles. The van der Waals surface area contributed by atoms with E-state index in [-0.39, 0.29) is 11.4 Å². The first-order chi connectivity index (χ1) is 8.66. The maximum absolute atomic E-state index is 10.8. The van der Waals surface area contributed by atoms with Gasteiger partial charge in [0, 0.05) is 17.1 Å². The van der Waals surface area contributed by atoms with Crippen molar-refractivity contribution in [1.29, 1.82) is 0 Å². The molecule has 7 heteroatoms. The van der Waals surface area contributed by atoms with Crippen molar-refractivity contribution in [1.82, 2.24) is 15.2 Å². The SMILES string of the molecule is O=C(O)c1[nH]nc(-c2cnc3occc3c2)c1O. The fourth-order valence-electron chi connectivity index (χ4n) is 1.67. The average Bonchev–Trinajstić information content (AvgIpc) is 2.93. The fourth-order valence-corrected chi connectivity index (χ4v) is 1.67. The predicted octanol–water partition coefficient (Wildman–Crippen LogP) is 1.62. The van der Waals surface area contributed by atoms with Crippen molar-refractivity contribution in [3.05, 3.63) is 30.3 Å². The molecule has 3 aromatic heterocycles. The molecule has 0 unspecified atom stereocenters. The van der Waals surface area contributed by atoms with E-state index in [0.29, 0.717) is 11.3 Å². The second-order valence-electron chi connectivity index (χ2n) is 3.64. The van der Waals surface area contributed by atoms with Crippen molar-refractivity contribution in [2.45, 2.75) is 0 Å². The summed E-state index contributed by atoms with van der Waals surface area (Å²) < 4.78 is 5.09. The highest BCUT2D eigenvalue weighted by atomic mass is 16.4. The molecule has 0 aliphatic rings. The minimum absolute atomic E-state index is 0.142. The minimum atomic E-state index is -1.27. The first kappa shape index (κ1) is 10.3. The lowest BCUT2D eigenvalue weighted by Crippen LogP contribution is -1.96. The summed E-state index contributed by atoms with van der Waals surface area (Å²) in [6, 6.07) is 3.42. The van der Waals surface area contributed by atoms with Crippen molar-refractivity contribution < 1.29 is 19.4 Å². The van der Waals surface area contributed by atoms with Gasteiger partial charge in [0.1, 0.15) is 5.69 Å². The number of H-pyrrole nitrogens is 1. The van der Waals surface area contributed by atoms with E-state index in [4.69, 9.17) is 9.52 Å². The molecule has 0 fully saturated rings. The zero-order valence-electron chi connectivity index (χ0n) is 8.91. The Bertz CT molecular complexity index is 744. The number of aromatic amines is 1. The Kier molecular flexibility index (Phi) is 2.06. The summed E-state index contributed by atoms with van der Waals surface area (Å²) in [6.07, 6.45) is 2.95. The van der Waals surface area contributed by atoms with Crippen LogP contribution in [0.5, 0.6) is 5.75 Å². The van der Waals surface area contributed by atoms with E-state index in [1.54, 1.807) is 12.1 Å². The molecule has 0 radical (unpaired) electrons. The topological polar surface area (TPSA) is 112 Å². The Balaban J connectivity index is 2.16. The van der Waals surface area contributed by atoms with Gasteiger partial charge in [-0.3, -0.25) is 5.10 Å². The molecule has 3 rings (SSSR count). The molecular formula is C11H7N3O4. The number of aromatic hydroxyl groups is 1. The van der Waals surface area contributed by atoms with Crippen molar-refractivity contribution in [3.63, 3.8) is 0 Å². The number of hydrogen-bond donors (Lipinski definition) is 3. The van der Waals surface area contributed by atoms with E-state index in [2.05, 4.69) is 15.2 Å². The van der Waals surface area contributed by atoms with Gasteiger partial charge in [-0.2, -0.15) is 5.10 Å². The minimum Gasteiger partial charge on any atom is -0.504 e. The van der Waals surface area contributed by atoms with Crippen molar-refractivity contribution in [2.75, 3.05) is 0 Å². The summed E-state index contributed by atoms with van der Waals surface area (Å²) in [5, 5.41) is 25.3. The average molecular weight is 245 g/mol. The molecule has 0 bridgehead atoms. The normalized spacial score (nSPS) is 10.9. The lowest BCUT2D eigenvalue weighted by Gasteiger charge is -1.97. The van der Waals surface area contributed by atoms with Gasteiger partial charge >= 0.3 is 5.97 Å². The summed E-state index contributed by atoms with van der Waals surface area (Å²) in [6.45, 7) is 0. The van der Waals surface area contributed by atoms with Crippen LogP contribution in [0.3, 0.4) is 0 Å². The van der Waals surface area contributed by atoms with Crippen LogP contribution >= 0.6 is 0 Å². The van der Waals surface area contributed by atoms with E-state index in [9.17, 15) is 9.90 Å². The van der Waals surface area contributed by atoms with Gasteiger partial charge in [-0.1, -0.05) is 0 Å². The van der Waals surface area contributed by atoms with Gasteiger partial charge in [-0.15, -0.1) is 0 Å². The zero-order valence-corrected chi connectivity index (χ0v) is 8.91. The Morgan fingerprint density at radius 2 is 2.28 bits per heavy atom. The molecule has 3 N–H and O–H groups in total. The molecule has 0 spiro atoms. The van der Waals surface area contributed by atoms with Crippen LogP contribution in [0.2, 0.25) is 0 Å². The van der Waals surface area contributed by atoms with Crippen LogP contribution in [0.1, 0.15) is 10.5 Å². The third-order valence-corrected chi connectivity index (χ3v) is 2.53. The fraction of sp³-hybridized carbons (Fsp3) is 0. The third-order valence-electron chi connectivity index (χ3n) is 2.53. The Morgan fingerprint density at radius 3 is 3.00 bits per heavy atom. The number of hydrogen-bond acceptors (Lipinski definition) is 5. The van der Waals surface area contributed by atoms with Crippen LogP contribution in [0, 0.1) is 0 Å². The van der Waals surface area contributed by atoms with Crippen LogP contribution in [0.4, 0.5) is 0 Å². The lowest BCUT2D eigenvalue weighted by atomic mass is 10.1. The second-order valence-corrected chi connectivity index (χ2v) is 3.64.